The molecule has 0 radical (unpaired) electrons. The lowest BCUT2D eigenvalue weighted by Crippen LogP contribution is -2.06. The summed E-state index contributed by atoms with van der Waals surface area (Å²) in [5.74, 6) is 0.916. The molecule has 0 aromatic heterocycles. The van der Waals surface area contributed by atoms with E-state index in [2.05, 4.69) is 62.3 Å². The zero-order valence-electron chi connectivity index (χ0n) is 13.4. The molecular formula is C16H36. The minimum atomic E-state index is 0.531. The molecule has 0 amide bonds. The summed E-state index contributed by atoms with van der Waals surface area (Å²) in [5.41, 5.74) is 1.07. The highest BCUT2D eigenvalue weighted by Crippen LogP contribution is 2.24. The predicted molar refractivity (Wildman–Crippen MR) is 77.9 cm³/mol. The predicted octanol–water partition coefficient (Wildman–Crippen LogP) is 6.30. The van der Waals surface area contributed by atoms with Crippen LogP contribution in [0.5, 0.6) is 0 Å². The molecule has 0 bridgehead atoms. The minimum absolute atomic E-state index is 0.531. The second kappa shape index (κ2) is 8.14. The van der Waals surface area contributed by atoms with Gasteiger partial charge in [0.2, 0.25) is 0 Å². The van der Waals surface area contributed by atoms with Gasteiger partial charge in [-0.2, -0.15) is 0 Å². The van der Waals surface area contributed by atoms with Crippen LogP contribution in [0.3, 0.4) is 0 Å². The zero-order valence-corrected chi connectivity index (χ0v) is 13.4. The van der Waals surface area contributed by atoms with Crippen LogP contribution in [0, 0.1) is 16.7 Å². The van der Waals surface area contributed by atoms with Gasteiger partial charge in [0.1, 0.15) is 0 Å². The number of hydrogen-bond acceptors (Lipinski definition) is 0. The van der Waals surface area contributed by atoms with Crippen molar-refractivity contribution in [2.45, 2.75) is 88.0 Å². The van der Waals surface area contributed by atoms with Gasteiger partial charge in [0.25, 0.3) is 0 Å². The van der Waals surface area contributed by atoms with Crippen molar-refractivity contribution in [3.63, 3.8) is 0 Å². The highest BCUT2D eigenvalue weighted by molar-refractivity contribution is 4.63. The van der Waals surface area contributed by atoms with Crippen LogP contribution in [0.4, 0.5) is 0 Å². The Hall–Kier alpha value is 0. The summed E-state index contributed by atoms with van der Waals surface area (Å²) in [6, 6.07) is 0. The first-order valence-corrected chi connectivity index (χ1v) is 7.02. The molecule has 0 aliphatic rings. The molecule has 0 rings (SSSR count). The molecule has 0 heteroatoms. The van der Waals surface area contributed by atoms with Crippen LogP contribution in [0.1, 0.15) is 88.0 Å². The summed E-state index contributed by atoms with van der Waals surface area (Å²) in [6.45, 7) is 20.5. The lowest BCUT2D eigenvalue weighted by Gasteiger charge is -2.19. The molecule has 1 atom stereocenters. The molecule has 0 N–H and O–H groups in total. The van der Waals surface area contributed by atoms with Crippen LogP contribution in [0.25, 0.3) is 0 Å². The first-order chi connectivity index (χ1) is 7.02. The third kappa shape index (κ3) is 19.6. The van der Waals surface area contributed by atoms with E-state index >= 15 is 0 Å². The molecule has 16 heavy (non-hydrogen) atoms. The van der Waals surface area contributed by atoms with Crippen LogP contribution in [-0.4, -0.2) is 0 Å². The molecule has 0 fully saturated rings. The van der Waals surface area contributed by atoms with Gasteiger partial charge < -0.3 is 0 Å². The van der Waals surface area contributed by atoms with Crippen molar-refractivity contribution in [2.24, 2.45) is 16.7 Å². The molecule has 0 nitrogen and oxygen atoms in total. The van der Waals surface area contributed by atoms with E-state index in [9.17, 15) is 0 Å². The van der Waals surface area contributed by atoms with Crippen molar-refractivity contribution in [1.82, 2.24) is 0 Å². The van der Waals surface area contributed by atoms with Gasteiger partial charge in [0.15, 0.2) is 0 Å². The van der Waals surface area contributed by atoms with Gasteiger partial charge in [-0.25, -0.2) is 0 Å². The molecule has 100 valence electrons. The van der Waals surface area contributed by atoms with Crippen molar-refractivity contribution >= 4 is 0 Å². The van der Waals surface area contributed by atoms with Crippen molar-refractivity contribution in [3.05, 3.63) is 0 Å². The highest BCUT2D eigenvalue weighted by atomic mass is 14.2. The fourth-order valence-electron chi connectivity index (χ4n) is 0.884. The fourth-order valence-corrected chi connectivity index (χ4v) is 0.884. The van der Waals surface area contributed by atoms with E-state index in [-0.39, 0.29) is 0 Å². The minimum Gasteiger partial charge on any atom is -0.0651 e. The SMILES string of the molecule is CCC(C)(C)C.CCC(C)CCC(C)(C)C. The first kappa shape index (κ1) is 18.4. The number of hydrogen-bond donors (Lipinski definition) is 0. The van der Waals surface area contributed by atoms with E-state index in [0.29, 0.717) is 10.8 Å². The Labute approximate surface area is 105 Å². The van der Waals surface area contributed by atoms with Gasteiger partial charge in [0.05, 0.1) is 0 Å². The van der Waals surface area contributed by atoms with Crippen LogP contribution in [0.15, 0.2) is 0 Å². The summed E-state index contributed by atoms with van der Waals surface area (Å²) in [6.07, 6.45) is 5.35. The summed E-state index contributed by atoms with van der Waals surface area (Å²) in [4.78, 5) is 0. The van der Waals surface area contributed by atoms with Crippen molar-refractivity contribution in [3.8, 4) is 0 Å². The second-order valence-electron chi connectivity index (χ2n) is 7.53. The summed E-state index contributed by atoms with van der Waals surface area (Å²) >= 11 is 0. The van der Waals surface area contributed by atoms with Crippen LogP contribution in [-0.2, 0) is 0 Å². The zero-order chi connectivity index (χ0) is 13.4. The van der Waals surface area contributed by atoms with E-state index in [1.54, 1.807) is 0 Å². The van der Waals surface area contributed by atoms with Gasteiger partial charge in [-0.1, -0.05) is 81.6 Å². The topological polar surface area (TPSA) is 0 Å². The van der Waals surface area contributed by atoms with Gasteiger partial charge in [-0.05, 0) is 23.2 Å². The molecule has 0 heterocycles. The molecule has 1 unspecified atom stereocenters. The Bertz CT molecular complexity index is 142. The summed E-state index contributed by atoms with van der Waals surface area (Å²) < 4.78 is 0. The molecule has 0 aromatic rings. The van der Waals surface area contributed by atoms with E-state index < -0.39 is 0 Å². The normalized spacial score (nSPS) is 14.1. The van der Waals surface area contributed by atoms with Crippen LogP contribution < -0.4 is 0 Å². The third-order valence-electron chi connectivity index (χ3n) is 3.14. The highest BCUT2D eigenvalue weighted by Gasteiger charge is 2.11. The first-order valence-electron chi connectivity index (χ1n) is 7.02. The molecule has 0 aliphatic heterocycles. The van der Waals surface area contributed by atoms with Gasteiger partial charge >= 0.3 is 0 Å². The van der Waals surface area contributed by atoms with Crippen molar-refractivity contribution in [1.29, 1.82) is 0 Å². The standard InChI is InChI=1S/C10H22.C6H14/c1-6-9(2)7-8-10(3,4)5;1-5-6(2,3)4/h9H,6-8H2,1-5H3;5H2,1-4H3. The fraction of sp³-hybridized carbons (Fsp3) is 1.00. The van der Waals surface area contributed by atoms with E-state index in [1.165, 1.54) is 25.7 Å². The maximum Gasteiger partial charge on any atom is -0.0383 e. The largest absolute Gasteiger partial charge is 0.0651 e. The molecule has 0 saturated carbocycles. The molecule has 0 aliphatic carbocycles. The van der Waals surface area contributed by atoms with E-state index in [0.717, 1.165) is 5.92 Å². The lowest BCUT2D eigenvalue weighted by atomic mass is 9.86. The van der Waals surface area contributed by atoms with Crippen molar-refractivity contribution < 1.29 is 0 Å². The maximum atomic E-state index is 2.34. The Morgan fingerprint density at radius 2 is 1.19 bits per heavy atom. The number of rotatable bonds is 3. The quantitative estimate of drug-likeness (QED) is 0.531. The Kier molecular flexibility index (Phi) is 9.35. The van der Waals surface area contributed by atoms with E-state index in [4.69, 9.17) is 0 Å². The lowest BCUT2D eigenvalue weighted by molar-refractivity contribution is 0.327. The van der Waals surface area contributed by atoms with Gasteiger partial charge in [-0.15, -0.1) is 0 Å². The summed E-state index contributed by atoms with van der Waals surface area (Å²) in [7, 11) is 0. The van der Waals surface area contributed by atoms with Crippen molar-refractivity contribution in [2.75, 3.05) is 0 Å². The maximum absolute atomic E-state index is 2.34. The van der Waals surface area contributed by atoms with E-state index in [1.807, 2.05) is 0 Å². The smallest absolute Gasteiger partial charge is 0.0383 e. The average Bonchev–Trinajstić information content (AvgIpc) is 2.13. The molecule has 0 saturated heterocycles. The molecule has 0 spiro atoms. The van der Waals surface area contributed by atoms with Crippen LogP contribution in [0.2, 0.25) is 0 Å². The van der Waals surface area contributed by atoms with Gasteiger partial charge in [0, 0.05) is 0 Å². The molecule has 0 aromatic carbocycles. The molecular weight excluding hydrogens is 192 g/mol. The van der Waals surface area contributed by atoms with Gasteiger partial charge in [-0.3, -0.25) is 0 Å². The summed E-state index contributed by atoms with van der Waals surface area (Å²) in [5, 5.41) is 0. The Morgan fingerprint density at radius 3 is 1.38 bits per heavy atom. The third-order valence-corrected chi connectivity index (χ3v) is 3.14. The monoisotopic (exact) mass is 228 g/mol. The second-order valence-corrected chi connectivity index (χ2v) is 7.53. The van der Waals surface area contributed by atoms with Crippen LogP contribution >= 0.6 is 0 Å². The Balaban J connectivity index is 0. The Morgan fingerprint density at radius 1 is 0.812 bits per heavy atom. The average molecular weight is 228 g/mol.